The zero-order valence-corrected chi connectivity index (χ0v) is 16.5. The Balaban J connectivity index is 4.67. The molecule has 5 heteroatoms. The highest BCUT2D eigenvalue weighted by Crippen LogP contribution is 2.23. The van der Waals surface area contributed by atoms with Gasteiger partial charge in [0.25, 0.3) is 0 Å². The van der Waals surface area contributed by atoms with Crippen molar-refractivity contribution in [3.05, 3.63) is 0 Å². The molecule has 24 heavy (non-hydrogen) atoms. The number of hydrogen-bond acceptors (Lipinski definition) is 3. The van der Waals surface area contributed by atoms with Crippen LogP contribution in [0.3, 0.4) is 0 Å². The summed E-state index contributed by atoms with van der Waals surface area (Å²) in [6, 6.07) is 0. The van der Waals surface area contributed by atoms with Gasteiger partial charge in [0.05, 0.1) is 27.6 Å². The number of aliphatic carboxylic acids is 1. The maximum atomic E-state index is 11.1. The van der Waals surface area contributed by atoms with Crippen LogP contribution in [0.5, 0.6) is 0 Å². The second-order valence-corrected chi connectivity index (χ2v) is 7.97. The number of quaternary nitrogens is 1. The Morgan fingerprint density at radius 2 is 1.58 bits per heavy atom. The average Bonchev–Trinajstić information content (AvgIpc) is 2.43. The van der Waals surface area contributed by atoms with Gasteiger partial charge < -0.3 is 19.4 Å². The van der Waals surface area contributed by atoms with Crippen LogP contribution in [0.1, 0.15) is 71.6 Å². The number of hydrogen-bond donors (Lipinski definition) is 2. The molecule has 0 bridgehead atoms. The van der Waals surface area contributed by atoms with E-state index in [-0.39, 0.29) is 12.3 Å². The first-order valence-corrected chi connectivity index (χ1v) is 9.55. The van der Waals surface area contributed by atoms with Crippen LogP contribution in [0.15, 0.2) is 0 Å². The van der Waals surface area contributed by atoms with E-state index in [2.05, 4.69) is 13.8 Å². The fourth-order valence-corrected chi connectivity index (χ4v) is 3.00. The molecule has 0 spiro atoms. The smallest absolute Gasteiger partial charge is 0.306 e. The number of unbranched alkanes of at least 4 members (excludes halogenated alkanes) is 4. The van der Waals surface area contributed by atoms with Crippen LogP contribution in [0.25, 0.3) is 0 Å². The summed E-state index contributed by atoms with van der Waals surface area (Å²) >= 11 is 0. The second kappa shape index (κ2) is 12.7. The highest BCUT2D eigenvalue weighted by Gasteiger charge is 2.28. The van der Waals surface area contributed by atoms with Crippen LogP contribution >= 0.6 is 0 Å². The first-order valence-electron chi connectivity index (χ1n) is 9.55. The van der Waals surface area contributed by atoms with Crippen LogP contribution in [0.4, 0.5) is 0 Å². The van der Waals surface area contributed by atoms with Gasteiger partial charge in [-0.1, -0.05) is 52.4 Å². The van der Waals surface area contributed by atoms with E-state index < -0.39 is 18.4 Å². The van der Waals surface area contributed by atoms with Crippen molar-refractivity contribution in [3.8, 4) is 0 Å². The van der Waals surface area contributed by atoms with E-state index in [0.29, 0.717) is 11.0 Å². The van der Waals surface area contributed by atoms with Crippen LogP contribution in [0.2, 0.25) is 0 Å². The molecule has 0 aliphatic rings. The van der Waals surface area contributed by atoms with Crippen molar-refractivity contribution >= 4 is 5.97 Å². The Morgan fingerprint density at radius 3 is 2.08 bits per heavy atom. The number of aliphatic hydroxyl groups excluding tert-OH is 1. The van der Waals surface area contributed by atoms with Gasteiger partial charge in [0, 0.05) is 5.92 Å². The molecular formula is C19H40NO4+. The second-order valence-electron chi connectivity index (χ2n) is 7.97. The molecule has 0 aromatic carbocycles. The minimum atomic E-state index is -0.881. The summed E-state index contributed by atoms with van der Waals surface area (Å²) in [5.74, 6) is -0.778. The Kier molecular flexibility index (Phi) is 12.3. The van der Waals surface area contributed by atoms with Crippen molar-refractivity contribution < 1.29 is 24.2 Å². The fourth-order valence-electron chi connectivity index (χ4n) is 3.00. The summed E-state index contributed by atoms with van der Waals surface area (Å²) in [7, 11) is 6.01. The molecule has 0 amide bonds. The minimum Gasteiger partial charge on any atom is -0.481 e. The zero-order chi connectivity index (χ0) is 18.6. The number of carboxylic acid groups (broad SMARTS) is 1. The first-order chi connectivity index (χ1) is 11.2. The predicted octanol–water partition coefficient (Wildman–Crippen LogP) is 3.65. The van der Waals surface area contributed by atoms with Crippen LogP contribution < -0.4 is 0 Å². The summed E-state index contributed by atoms with van der Waals surface area (Å²) in [6.45, 7) is 4.90. The number of aliphatic hydroxyl groups is 1. The van der Waals surface area contributed by atoms with Gasteiger partial charge in [-0.15, -0.1) is 0 Å². The summed E-state index contributed by atoms with van der Waals surface area (Å²) in [5.41, 5.74) is 0. The zero-order valence-electron chi connectivity index (χ0n) is 16.5. The van der Waals surface area contributed by atoms with Crippen molar-refractivity contribution in [2.45, 2.75) is 84.0 Å². The van der Waals surface area contributed by atoms with Gasteiger partial charge in [0.2, 0.25) is 0 Å². The summed E-state index contributed by atoms with van der Waals surface area (Å²) in [6.07, 6.45) is 7.36. The van der Waals surface area contributed by atoms with Gasteiger partial charge in [0.1, 0.15) is 12.6 Å². The quantitative estimate of drug-likeness (QED) is 0.270. The van der Waals surface area contributed by atoms with E-state index in [0.717, 1.165) is 32.1 Å². The van der Waals surface area contributed by atoms with Gasteiger partial charge >= 0.3 is 5.97 Å². The standard InChI is InChI=1S/C19H39NO4/c1-6-8-10-11-13-16(12-9-7-2)19(23)24-17(14-18(21)22)15-20(3,4)5/h16-17,19,23H,6-15H2,1-5H3/p+1. The SMILES string of the molecule is CCCCCCC(CCCC)C(O)OC(CC(=O)O)C[N+](C)(C)C. The molecule has 5 nitrogen and oxygen atoms in total. The minimum absolute atomic E-state index is 0.0666. The molecule has 0 aliphatic carbocycles. The van der Waals surface area contributed by atoms with E-state index >= 15 is 0 Å². The molecule has 0 aliphatic heterocycles. The molecule has 3 atom stereocenters. The Bertz CT molecular complexity index is 328. The molecule has 3 unspecified atom stereocenters. The van der Waals surface area contributed by atoms with Gasteiger partial charge in [-0.05, 0) is 12.8 Å². The molecule has 0 rings (SSSR count). The van der Waals surface area contributed by atoms with Crippen LogP contribution in [0, 0.1) is 5.92 Å². The Labute approximate surface area is 148 Å². The maximum Gasteiger partial charge on any atom is 0.306 e. The number of carbonyl (C=O) groups is 1. The van der Waals surface area contributed by atoms with Crippen LogP contribution in [-0.2, 0) is 9.53 Å². The molecule has 144 valence electrons. The highest BCUT2D eigenvalue weighted by molar-refractivity contribution is 5.67. The molecule has 0 aromatic rings. The van der Waals surface area contributed by atoms with Gasteiger partial charge in [0.15, 0.2) is 6.29 Å². The van der Waals surface area contributed by atoms with E-state index in [1.54, 1.807) is 0 Å². The highest BCUT2D eigenvalue weighted by atomic mass is 16.6. The lowest BCUT2D eigenvalue weighted by atomic mass is 9.94. The first kappa shape index (κ1) is 23.4. The average molecular weight is 347 g/mol. The normalized spacial score (nSPS) is 15.9. The molecular weight excluding hydrogens is 306 g/mol. The Hall–Kier alpha value is -0.650. The topological polar surface area (TPSA) is 66.8 Å². The number of rotatable bonds is 15. The van der Waals surface area contributed by atoms with Crippen molar-refractivity contribution in [1.29, 1.82) is 0 Å². The van der Waals surface area contributed by atoms with E-state index in [4.69, 9.17) is 9.84 Å². The molecule has 0 saturated heterocycles. The lowest BCUT2D eigenvalue weighted by molar-refractivity contribution is -0.874. The predicted molar refractivity (Wildman–Crippen MR) is 97.8 cm³/mol. The van der Waals surface area contributed by atoms with Gasteiger partial charge in [-0.3, -0.25) is 4.79 Å². The monoisotopic (exact) mass is 346 g/mol. The lowest BCUT2D eigenvalue weighted by Gasteiger charge is -2.32. The van der Waals surface area contributed by atoms with Crippen molar-refractivity contribution in [2.75, 3.05) is 27.7 Å². The molecule has 0 aromatic heterocycles. The van der Waals surface area contributed by atoms with E-state index in [1.807, 2.05) is 21.1 Å². The van der Waals surface area contributed by atoms with Crippen LogP contribution in [-0.4, -0.2) is 60.7 Å². The Morgan fingerprint density at radius 1 is 1.00 bits per heavy atom. The molecule has 0 radical (unpaired) electrons. The third-order valence-electron chi connectivity index (χ3n) is 4.25. The molecule has 0 heterocycles. The third kappa shape index (κ3) is 12.7. The van der Waals surface area contributed by atoms with Gasteiger partial charge in [-0.25, -0.2) is 0 Å². The number of likely N-dealkylation sites (N-methyl/N-ethyl adjacent to an activating group) is 1. The fraction of sp³-hybridized carbons (Fsp3) is 0.947. The summed E-state index contributed by atoms with van der Waals surface area (Å²) in [4.78, 5) is 11.1. The maximum absolute atomic E-state index is 11.1. The van der Waals surface area contributed by atoms with Crippen molar-refractivity contribution in [2.24, 2.45) is 5.92 Å². The third-order valence-corrected chi connectivity index (χ3v) is 4.25. The van der Waals surface area contributed by atoms with Gasteiger partial charge in [-0.2, -0.15) is 0 Å². The van der Waals surface area contributed by atoms with E-state index in [1.165, 1.54) is 19.3 Å². The molecule has 2 N–H and O–H groups in total. The number of carboxylic acids is 1. The summed E-state index contributed by atoms with van der Waals surface area (Å²) < 4.78 is 6.42. The lowest BCUT2D eigenvalue weighted by Crippen LogP contribution is -2.45. The number of nitrogens with zero attached hydrogens (tertiary/aromatic N) is 1. The molecule has 0 fully saturated rings. The van der Waals surface area contributed by atoms with E-state index in [9.17, 15) is 9.90 Å². The summed E-state index contributed by atoms with van der Waals surface area (Å²) in [5, 5.41) is 19.7. The number of ether oxygens (including phenoxy) is 1. The molecule has 0 saturated carbocycles. The van der Waals surface area contributed by atoms with Crippen molar-refractivity contribution in [1.82, 2.24) is 0 Å². The van der Waals surface area contributed by atoms with Crippen molar-refractivity contribution in [3.63, 3.8) is 0 Å². The largest absolute Gasteiger partial charge is 0.481 e.